The Labute approximate surface area is 120 Å². The topological polar surface area (TPSA) is 38.5 Å². The third-order valence-corrected chi connectivity index (χ3v) is 4.00. The van der Waals surface area contributed by atoms with Gasteiger partial charge in [0.2, 0.25) is 0 Å². The number of thiocarbonyl (C=S) groups is 1. The van der Waals surface area contributed by atoms with Gasteiger partial charge in [-0.05, 0) is 43.5 Å². The first-order valence-electron chi connectivity index (χ1n) is 6.75. The van der Waals surface area contributed by atoms with Gasteiger partial charge in [-0.1, -0.05) is 24.7 Å². The molecule has 0 saturated heterocycles. The largest absolute Gasteiger partial charge is 0.496 e. The van der Waals surface area contributed by atoms with Crippen LogP contribution in [-0.4, -0.2) is 30.6 Å². The summed E-state index contributed by atoms with van der Waals surface area (Å²) in [7, 11) is 3.81. The zero-order valence-electron chi connectivity index (χ0n) is 11.7. The minimum absolute atomic E-state index is 0.389. The summed E-state index contributed by atoms with van der Waals surface area (Å²) in [5.74, 6) is 1.64. The van der Waals surface area contributed by atoms with Crippen molar-refractivity contribution in [2.45, 2.75) is 25.8 Å². The van der Waals surface area contributed by atoms with Gasteiger partial charge in [-0.3, -0.25) is 0 Å². The molecule has 1 saturated carbocycles. The van der Waals surface area contributed by atoms with Crippen molar-refractivity contribution in [3.05, 3.63) is 29.3 Å². The van der Waals surface area contributed by atoms with Crippen LogP contribution in [-0.2, 0) is 6.54 Å². The number of nitrogens with zero attached hydrogens (tertiary/aromatic N) is 1. The minimum Gasteiger partial charge on any atom is -0.496 e. The molecule has 19 heavy (non-hydrogen) atoms. The van der Waals surface area contributed by atoms with Crippen LogP contribution in [0.5, 0.6) is 5.75 Å². The van der Waals surface area contributed by atoms with Gasteiger partial charge in [0, 0.05) is 13.1 Å². The Hall–Kier alpha value is -1.13. The van der Waals surface area contributed by atoms with Crippen LogP contribution < -0.4 is 10.5 Å². The highest BCUT2D eigenvalue weighted by Gasteiger charge is 2.19. The van der Waals surface area contributed by atoms with Crippen LogP contribution in [0.15, 0.2) is 18.2 Å². The Morgan fingerprint density at radius 3 is 2.74 bits per heavy atom. The lowest BCUT2D eigenvalue weighted by atomic mass is 9.85. The summed E-state index contributed by atoms with van der Waals surface area (Å²) in [6, 6.07) is 6.07. The van der Waals surface area contributed by atoms with Crippen LogP contribution in [0.2, 0.25) is 0 Å². The lowest BCUT2D eigenvalue weighted by Crippen LogP contribution is -2.29. The summed E-state index contributed by atoms with van der Waals surface area (Å²) in [6.07, 6.45) is 4.16. The predicted molar refractivity (Wildman–Crippen MR) is 82.6 cm³/mol. The molecule has 0 spiro atoms. The highest BCUT2D eigenvalue weighted by atomic mass is 32.1. The average Bonchev–Trinajstić information content (AvgIpc) is 2.33. The second-order valence-electron chi connectivity index (χ2n) is 5.39. The molecule has 1 fully saturated rings. The van der Waals surface area contributed by atoms with Crippen molar-refractivity contribution >= 4 is 17.2 Å². The van der Waals surface area contributed by atoms with Gasteiger partial charge in [0.1, 0.15) is 10.7 Å². The molecule has 0 amide bonds. The molecular weight excluding hydrogens is 256 g/mol. The van der Waals surface area contributed by atoms with Crippen molar-refractivity contribution in [2.75, 3.05) is 20.7 Å². The first kappa shape index (κ1) is 14.3. The van der Waals surface area contributed by atoms with E-state index < -0.39 is 0 Å². The molecule has 0 atom stereocenters. The number of nitrogens with two attached hydrogens (primary N) is 1. The molecule has 1 aromatic rings. The van der Waals surface area contributed by atoms with Gasteiger partial charge in [-0.25, -0.2) is 0 Å². The summed E-state index contributed by atoms with van der Waals surface area (Å²) in [5, 5.41) is 0. The maximum absolute atomic E-state index is 5.74. The van der Waals surface area contributed by atoms with E-state index in [0.29, 0.717) is 4.99 Å². The highest BCUT2D eigenvalue weighted by Crippen LogP contribution is 2.27. The van der Waals surface area contributed by atoms with Crippen molar-refractivity contribution in [1.29, 1.82) is 0 Å². The van der Waals surface area contributed by atoms with Crippen molar-refractivity contribution in [2.24, 2.45) is 11.7 Å². The first-order chi connectivity index (χ1) is 9.10. The van der Waals surface area contributed by atoms with Gasteiger partial charge in [-0.15, -0.1) is 0 Å². The van der Waals surface area contributed by atoms with E-state index >= 15 is 0 Å². The van der Waals surface area contributed by atoms with Crippen molar-refractivity contribution in [3.63, 3.8) is 0 Å². The minimum atomic E-state index is 0.389. The van der Waals surface area contributed by atoms with E-state index in [1.54, 1.807) is 7.11 Å². The zero-order chi connectivity index (χ0) is 13.8. The zero-order valence-corrected chi connectivity index (χ0v) is 12.5. The Morgan fingerprint density at radius 1 is 1.47 bits per heavy atom. The summed E-state index contributed by atoms with van der Waals surface area (Å²) >= 11 is 5.07. The number of hydrogen-bond acceptors (Lipinski definition) is 3. The molecule has 2 rings (SSSR count). The van der Waals surface area contributed by atoms with Crippen molar-refractivity contribution < 1.29 is 4.74 Å². The van der Waals surface area contributed by atoms with Gasteiger partial charge in [0.15, 0.2) is 0 Å². The number of benzene rings is 1. The van der Waals surface area contributed by atoms with Gasteiger partial charge >= 0.3 is 0 Å². The molecule has 0 radical (unpaired) electrons. The molecule has 0 unspecified atom stereocenters. The van der Waals surface area contributed by atoms with Crippen molar-refractivity contribution in [1.82, 2.24) is 4.90 Å². The van der Waals surface area contributed by atoms with Crippen LogP contribution in [0, 0.1) is 5.92 Å². The number of ether oxygens (including phenoxy) is 1. The molecule has 2 N–H and O–H groups in total. The summed E-state index contributed by atoms with van der Waals surface area (Å²) < 4.78 is 5.28. The van der Waals surface area contributed by atoms with Gasteiger partial charge in [0.05, 0.1) is 12.7 Å². The molecule has 1 aromatic carbocycles. The maximum atomic E-state index is 5.74. The predicted octanol–water partition coefficient (Wildman–Crippen LogP) is 2.56. The van der Waals surface area contributed by atoms with E-state index in [9.17, 15) is 0 Å². The fourth-order valence-corrected chi connectivity index (χ4v) is 2.70. The number of methoxy groups -OCH3 is 1. The Bertz CT molecular complexity index is 457. The van der Waals surface area contributed by atoms with E-state index in [2.05, 4.69) is 18.0 Å². The van der Waals surface area contributed by atoms with Gasteiger partial charge in [-0.2, -0.15) is 0 Å². The number of hydrogen-bond donors (Lipinski definition) is 1. The SMILES string of the molecule is COc1ccc(CN(C)CC2CCC2)cc1C(N)=S. The smallest absolute Gasteiger partial charge is 0.129 e. The second-order valence-corrected chi connectivity index (χ2v) is 5.83. The number of rotatable bonds is 6. The molecule has 1 aliphatic carbocycles. The molecule has 0 heterocycles. The van der Waals surface area contributed by atoms with Gasteiger partial charge in [0.25, 0.3) is 0 Å². The molecular formula is C15H22N2OS. The van der Waals surface area contributed by atoms with Crippen molar-refractivity contribution in [3.8, 4) is 5.75 Å². The van der Waals surface area contributed by atoms with Gasteiger partial charge < -0.3 is 15.4 Å². The van der Waals surface area contributed by atoms with E-state index in [0.717, 1.165) is 23.8 Å². The molecule has 0 aliphatic heterocycles. The Balaban J connectivity index is 2.03. The molecule has 0 bridgehead atoms. The van der Waals surface area contributed by atoms with Crippen LogP contribution >= 0.6 is 12.2 Å². The Morgan fingerprint density at radius 2 is 2.21 bits per heavy atom. The van der Waals surface area contributed by atoms with E-state index in [1.165, 1.54) is 31.4 Å². The normalized spacial score (nSPS) is 15.3. The monoisotopic (exact) mass is 278 g/mol. The standard InChI is InChI=1S/C15H22N2OS/c1-17(9-11-4-3-5-11)10-12-6-7-14(18-2)13(8-12)15(16)19/h6-8,11H,3-5,9-10H2,1-2H3,(H2,16,19). The molecule has 4 heteroatoms. The molecule has 1 aliphatic rings. The van der Waals surface area contributed by atoms with E-state index in [1.807, 2.05) is 12.1 Å². The second kappa shape index (κ2) is 6.35. The first-order valence-corrected chi connectivity index (χ1v) is 7.16. The van der Waals surface area contributed by atoms with Crippen LogP contribution in [0.1, 0.15) is 30.4 Å². The summed E-state index contributed by atoms with van der Waals surface area (Å²) in [6.45, 7) is 2.10. The highest BCUT2D eigenvalue weighted by molar-refractivity contribution is 7.80. The molecule has 0 aromatic heterocycles. The van der Waals surface area contributed by atoms with E-state index in [-0.39, 0.29) is 0 Å². The molecule has 104 valence electrons. The van der Waals surface area contributed by atoms with E-state index in [4.69, 9.17) is 22.7 Å². The quantitative estimate of drug-likeness (QED) is 0.812. The van der Waals surface area contributed by atoms with Crippen LogP contribution in [0.4, 0.5) is 0 Å². The lowest BCUT2D eigenvalue weighted by molar-refractivity contribution is 0.200. The van der Waals surface area contributed by atoms with Crippen LogP contribution in [0.25, 0.3) is 0 Å². The third kappa shape index (κ3) is 3.67. The van der Waals surface area contributed by atoms with Crippen LogP contribution in [0.3, 0.4) is 0 Å². The molecule has 3 nitrogen and oxygen atoms in total. The fraction of sp³-hybridized carbons (Fsp3) is 0.533. The average molecular weight is 278 g/mol. The maximum Gasteiger partial charge on any atom is 0.129 e. The third-order valence-electron chi connectivity index (χ3n) is 3.78. The Kier molecular flexibility index (Phi) is 4.77. The fourth-order valence-electron chi connectivity index (χ4n) is 2.54. The summed E-state index contributed by atoms with van der Waals surface area (Å²) in [4.78, 5) is 2.76. The summed E-state index contributed by atoms with van der Waals surface area (Å²) in [5.41, 5.74) is 7.79. The lowest BCUT2D eigenvalue weighted by Gasteiger charge is -2.30.